The molecule has 0 fully saturated rings. The van der Waals surface area contributed by atoms with E-state index in [1.54, 1.807) is 24.3 Å². The van der Waals surface area contributed by atoms with Gasteiger partial charge in [0, 0.05) is 12.2 Å². The quantitative estimate of drug-likeness (QED) is 0.647. The molecule has 0 spiro atoms. The average Bonchev–Trinajstić information content (AvgIpc) is 2.16. The first-order valence-corrected chi connectivity index (χ1v) is 4.38. The monoisotopic (exact) mass is 195 g/mol. The molecule has 0 atom stereocenters. The van der Waals surface area contributed by atoms with Gasteiger partial charge in [-0.25, -0.2) is 0 Å². The van der Waals surface area contributed by atoms with Crippen molar-refractivity contribution >= 4 is 11.7 Å². The van der Waals surface area contributed by atoms with E-state index in [0.717, 1.165) is 11.3 Å². The molecule has 0 aliphatic rings. The van der Waals surface area contributed by atoms with Gasteiger partial charge in [0.25, 0.3) is 0 Å². The van der Waals surface area contributed by atoms with Crippen LogP contribution in [-0.2, 0) is 11.2 Å². The minimum absolute atomic E-state index is 0.0419. The molecule has 1 aromatic carbocycles. The molecule has 14 heavy (non-hydrogen) atoms. The second-order valence-corrected chi connectivity index (χ2v) is 2.92. The molecular weight excluding hydrogens is 182 g/mol. The maximum atomic E-state index is 10.4. The van der Waals surface area contributed by atoms with Crippen molar-refractivity contribution in [2.75, 3.05) is 18.5 Å². The van der Waals surface area contributed by atoms with Gasteiger partial charge in [-0.3, -0.25) is 4.79 Å². The Balaban J connectivity index is 2.54. The highest BCUT2D eigenvalue weighted by Gasteiger charge is 1.99. The number of carboxylic acid groups (broad SMARTS) is 1. The SMILES string of the molecule is O=C(O)Cc1ccc(NCCO)cc1. The summed E-state index contributed by atoms with van der Waals surface area (Å²) < 4.78 is 0. The summed E-state index contributed by atoms with van der Waals surface area (Å²) in [5.74, 6) is -0.832. The second kappa shape index (κ2) is 5.24. The molecule has 0 radical (unpaired) electrons. The van der Waals surface area contributed by atoms with Gasteiger partial charge in [0.15, 0.2) is 0 Å². The van der Waals surface area contributed by atoms with Crippen LogP contribution < -0.4 is 5.32 Å². The molecule has 4 heteroatoms. The lowest BCUT2D eigenvalue weighted by molar-refractivity contribution is -0.136. The van der Waals surface area contributed by atoms with Crippen LogP contribution in [0, 0.1) is 0 Å². The zero-order valence-corrected chi connectivity index (χ0v) is 7.73. The van der Waals surface area contributed by atoms with Gasteiger partial charge in [-0.1, -0.05) is 12.1 Å². The minimum Gasteiger partial charge on any atom is -0.481 e. The Labute approximate surface area is 82.2 Å². The van der Waals surface area contributed by atoms with E-state index in [4.69, 9.17) is 10.2 Å². The minimum atomic E-state index is -0.832. The van der Waals surface area contributed by atoms with Crippen molar-refractivity contribution in [2.24, 2.45) is 0 Å². The van der Waals surface area contributed by atoms with Crippen molar-refractivity contribution < 1.29 is 15.0 Å². The van der Waals surface area contributed by atoms with Crippen molar-refractivity contribution in [1.82, 2.24) is 0 Å². The Bertz CT molecular complexity index is 295. The van der Waals surface area contributed by atoms with Gasteiger partial charge in [-0.05, 0) is 17.7 Å². The first kappa shape index (κ1) is 10.5. The number of aliphatic hydroxyl groups is 1. The van der Waals surface area contributed by atoms with Crippen LogP contribution in [0.5, 0.6) is 0 Å². The zero-order chi connectivity index (χ0) is 10.4. The van der Waals surface area contributed by atoms with Crippen LogP contribution in [0.3, 0.4) is 0 Å². The van der Waals surface area contributed by atoms with Crippen LogP contribution in [0.25, 0.3) is 0 Å². The molecular formula is C10H13NO3. The maximum absolute atomic E-state index is 10.4. The van der Waals surface area contributed by atoms with Crippen LogP contribution in [0.2, 0.25) is 0 Å². The smallest absolute Gasteiger partial charge is 0.307 e. The number of anilines is 1. The molecule has 1 aromatic rings. The van der Waals surface area contributed by atoms with E-state index in [0.29, 0.717) is 6.54 Å². The molecule has 4 nitrogen and oxygen atoms in total. The highest BCUT2D eigenvalue weighted by Crippen LogP contribution is 2.09. The van der Waals surface area contributed by atoms with Crippen LogP contribution in [0.4, 0.5) is 5.69 Å². The zero-order valence-electron chi connectivity index (χ0n) is 7.73. The Kier molecular flexibility index (Phi) is 3.94. The van der Waals surface area contributed by atoms with Gasteiger partial charge in [0.05, 0.1) is 13.0 Å². The summed E-state index contributed by atoms with van der Waals surface area (Å²) in [6, 6.07) is 7.11. The van der Waals surface area contributed by atoms with Crippen molar-refractivity contribution in [3.05, 3.63) is 29.8 Å². The fourth-order valence-electron chi connectivity index (χ4n) is 1.12. The Hall–Kier alpha value is -1.55. The molecule has 0 aromatic heterocycles. The lowest BCUT2D eigenvalue weighted by Gasteiger charge is -2.04. The van der Waals surface area contributed by atoms with Gasteiger partial charge in [0.2, 0.25) is 0 Å². The lowest BCUT2D eigenvalue weighted by Crippen LogP contribution is -2.05. The Morgan fingerprint density at radius 2 is 1.93 bits per heavy atom. The van der Waals surface area contributed by atoms with E-state index in [-0.39, 0.29) is 13.0 Å². The highest BCUT2D eigenvalue weighted by molar-refractivity contribution is 5.70. The van der Waals surface area contributed by atoms with Crippen LogP contribution >= 0.6 is 0 Å². The third-order valence-corrected chi connectivity index (χ3v) is 1.75. The number of hydrogen-bond donors (Lipinski definition) is 3. The first-order chi connectivity index (χ1) is 6.72. The number of nitrogens with one attached hydrogen (secondary N) is 1. The summed E-state index contributed by atoms with van der Waals surface area (Å²) in [5.41, 5.74) is 1.65. The van der Waals surface area contributed by atoms with Crippen molar-refractivity contribution in [1.29, 1.82) is 0 Å². The summed E-state index contributed by atoms with van der Waals surface area (Å²) in [4.78, 5) is 10.4. The fourth-order valence-corrected chi connectivity index (χ4v) is 1.12. The van der Waals surface area contributed by atoms with Crippen molar-refractivity contribution in [2.45, 2.75) is 6.42 Å². The lowest BCUT2D eigenvalue weighted by atomic mass is 10.1. The second-order valence-electron chi connectivity index (χ2n) is 2.92. The van der Waals surface area contributed by atoms with Gasteiger partial charge >= 0.3 is 5.97 Å². The van der Waals surface area contributed by atoms with Gasteiger partial charge in [-0.2, -0.15) is 0 Å². The van der Waals surface area contributed by atoms with E-state index >= 15 is 0 Å². The normalized spacial score (nSPS) is 9.79. The van der Waals surface area contributed by atoms with Gasteiger partial charge in [-0.15, -0.1) is 0 Å². The van der Waals surface area contributed by atoms with Crippen LogP contribution in [0.1, 0.15) is 5.56 Å². The molecule has 0 aliphatic heterocycles. The summed E-state index contributed by atoms with van der Waals surface area (Å²) in [7, 11) is 0. The third kappa shape index (κ3) is 3.45. The number of aliphatic hydroxyl groups excluding tert-OH is 1. The highest BCUT2D eigenvalue weighted by atomic mass is 16.4. The third-order valence-electron chi connectivity index (χ3n) is 1.75. The van der Waals surface area contributed by atoms with E-state index in [9.17, 15) is 4.79 Å². The molecule has 0 bridgehead atoms. The molecule has 0 unspecified atom stereocenters. The maximum Gasteiger partial charge on any atom is 0.307 e. The average molecular weight is 195 g/mol. The molecule has 0 amide bonds. The van der Waals surface area contributed by atoms with E-state index < -0.39 is 5.97 Å². The molecule has 1 rings (SSSR count). The standard InChI is InChI=1S/C10H13NO3/c12-6-5-11-9-3-1-8(2-4-9)7-10(13)14/h1-4,11-12H,5-7H2,(H,13,14). The number of hydrogen-bond acceptors (Lipinski definition) is 3. The Morgan fingerprint density at radius 1 is 1.29 bits per heavy atom. The van der Waals surface area contributed by atoms with E-state index in [2.05, 4.69) is 5.32 Å². The number of carboxylic acids is 1. The predicted octanol–water partition coefficient (Wildman–Crippen LogP) is 0.718. The molecule has 0 heterocycles. The number of rotatable bonds is 5. The van der Waals surface area contributed by atoms with E-state index in [1.165, 1.54) is 0 Å². The number of benzene rings is 1. The summed E-state index contributed by atoms with van der Waals surface area (Å²) in [6.07, 6.45) is 0.0419. The molecule has 0 aliphatic carbocycles. The molecule has 3 N–H and O–H groups in total. The molecule has 0 saturated carbocycles. The van der Waals surface area contributed by atoms with Crippen LogP contribution in [-0.4, -0.2) is 29.3 Å². The number of carbonyl (C=O) groups is 1. The largest absolute Gasteiger partial charge is 0.481 e. The van der Waals surface area contributed by atoms with Crippen LogP contribution in [0.15, 0.2) is 24.3 Å². The summed E-state index contributed by atoms with van der Waals surface area (Å²) >= 11 is 0. The van der Waals surface area contributed by atoms with Gasteiger partial charge < -0.3 is 15.5 Å². The molecule has 0 saturated heterocycles. The van der Waals surface area contributed by atoms with Gasteiger partial charge in [0.1, 0.15) is 0 Å². The molecule has 76 valence electrons. The summed E-state index contributed by atoms with van der Waals surface area (Å²) in [6.45, 7) is 0.579. The van der Waals surface area contributed by atoms with Crippen molar-refractivity contribution in [3.63, 3.8) is 0 Å². The predicted molar refractivity (Wildman–Crippen MR) is 53.4 cm³/mol. The fraction of sp³-hybridized carbons (Fsp3) is 0.300. The van der Waals surface area contributed by atoms with E-state index in [1.807, 2.05) is 0 Å². The first-order valence-electron chi connectivity index (χ1n) is 4.38. The van der Waals surface area contributed by atoms with Crippen molar-refractivity contribution in [3.8, 4) is 0 Å². The number of aliphatic carboxylic acids is 1. The Morgan fingerprint density at radius 3 is 2.43 bits per heavy atom. The topological polar surface area (TPSA) is 69.6 Å². The summed E-state index contributed by atoms with van der Waals surface area (Å²) in [5, 5.41) is 20.1.